The monoisotopic (exact) mass is 756 g/mol. The molecule has 8 rings (SSSR count). The molecule has 53 heavy (non-hydrogen) atoms. The van der Waals surface area contributed by atoms with E-state index in [1.165, 1.54) is 0 Å². The van der Waals surface area contributed by atoms with Gasteiger partial charge in [0.1, 0.15) is 48.8 Å². The first-order valence-electron chi connectivity index (χ1n) is 20.4. The Kier molecular flexibility index (Phi) is 10.6. The van der Waals surface area contributed by atoms with Gasteiger partial charge in [0.15, 0.2) is 18.4 Å². The number of aliphatic hydroxyl groups is 8. The average molecular weight is 757 g/mol. The fourth-order valence-electron chi connectivity index (χ4n) is 13.2. The van der Waals surface area contributed by atoms with Crippen molar-refractivity contribution >= 4 is 0 Å². The third-order valence-corrected chi connectivity index (χ3v) is 16.3. The summed E-state index contributed by atoms with van der Waals surface area (Å²) in [5.41, 5.74) is -0.198. The zero-order chi connectivity index (χ0) is 37.8. The maximum Gasteiger partial charge on any atom is 0.187 e. The van der Waals surface area contributed by atoms with Gasteiger partial charge < -0.3 is 69.3 Å². The molecule has 4 heterocycles. The van der Waals surface area contributed by atoms with Gasteiger partial charge in [0.2, 0.25) is 0 Å². The SMILES string of the molecule is CC1C2C(CC3C4CC[C@H]5C[C@@H](O[C@@H]6O[C@H](CO)C(O[C@@H]7O[C@H](CO)[C@@H](O)[C@H](O)[C@H]7O)[C@H](O)[C@H]6O)CC[C@]5(C)C4C[C@@H](O)[C@@]32C)O[C@]12CC[C@@H](C)CO2. The fraction of sp³-hybridized carbons (Fsp3) is 1.00. The van der Waals surface area contributed by atoms with Crippen LogP contribution in [-0.4, -0.2) is 146 Å². The lowest BCUT2D eigenvalue weighted by atomic mass is 9.43. The maximum atomic E-state index is 12.2. The second-order valence-electron chi connectivity index (χ2n) is 18.8. The topological polar surface area (TPSA) is 217 Å². The summed E-state index contributed by atoms with van der Waals surface area (Å²) in [7, 11) is 0. The van der Waals surface area contributed by atoms with Crippen molar-refractivity contribution in [2.24, 2.45) is 52.3 Å². The molecular formula is C39H64O14. The summed E-state index contributed by atoms with van der Waals surface area (Å²) in [6, 6.07) is 0. The van der Waals surface area contributed by atoms with E-state index in [0.717, 1.165) is 64.4 Å². The highest BCUT2D eigenvalue weighted by Crippen LogP contribution is 2.71. The lowest BCUT2D eigenvalue weighted by molar-refractivity contribution is -0.364. The summed E-state index contributed by atoms with van der Waals surface area (Å²) in [6.45, 7) is 8.74. The zero-order valence-corrected chi connectivity index (χ0v) is 31.6. The molecule has 4 aliphatic carbocycles. The Hall–Kier alpha value is -0.560. The van der Waals surface area contributed by atoms with Gasteiger partial charge in [0.25, 0.3) is 0 Å². The van der Waals surface area contributed by atoms with Crippen LogP contribution in [0.4, 0.5) is 0 Å². The Morgan fingerprint density at radius 3 is 2.09 bits per heavy atom. The van der Waals surface area contributed by atoms with Crippen LogP contribution in [-0.2, 0) is 28.4 Å². The van der Waals surface area contributed by atoms with Crippen LogP contribution in [0.5, 0.6) is 0 Å². The molecule has 4 saturated heterocycles. The first-order valence-corrected chi connectivity index (χ1v) is 20.4. The molecule has 0 amide bonds. The molecule has 0 bridgehead atoms. The number of fused-ring (bicyclic) bond motifs is 7. The molecule has 14 nitrogen and oxygen atoms in total. The highest BCUT2D eigenvalue weighted by molar-refractivity contribution is 5.18. The van der Waals surface area contributed by atoms with E-state index >= 15 is 0 Å². The molecule has 1 spiro atoms. The van der Waals surface area contributed by atoms with Crippen LogP contribution in [0.3, 0.4) is 0 Å². The van der Waals surface area contributed by atoms with Gasteiger partial charge in [-0.15, -0.1) is 0 Å². The first-order chi connectivity index (χ1) is 25.2. The van der Waals surface area contributed by atoms with Gasteiger partial charge in [0, 0.05) is 23.7 Å². The van der Waals surface area contributed by atoms with Crippen molar-refractivity contribution in [2.45, 2.75) is 171 Å². The van der Waals surface area contributed by atoms with E-state index in [-0.39, 0.29) is 34.9 Å². The quantitative estimate of drug-likeness (QED) is 0.173. The van der Waals surface area contributed by atoms with Crippen molar-refractivity contribution < 1.29 is 69.3 Å². The molecule has 0 radical (unpaired) electrons. The van der Waals surface area contributed by atoms with Crippen LogP contribution in [0.15, 0.2) is 0 Å². The van der Waals surface area contributed by atoms with Gasteiger partial charge >= 0.3 is 0 Å². The number of ether oxygens (including phenoxy) is 6. The Labute approximate surface area is 312 Å². The number of hydrogen-bond donors (Lipinski definition) is 8. The van der Waals surface area contributed by atoms with Gasteiger partial charge in [-0.2, -0.15) is 0 Å². The Morgan fingerprint density at radius 1 is 0.698 bits per heavy atom. The lowest BCUT2D eigenvalue weighted by Crippen LogP contribution is -2.65. The van der Waals surface area contributed by atoms with Gasteiger partial charge in [-0.1, -0.05) is 27.7 Å². The number of rotatable bonds is 6. The molecule has 8 fully saturated rings. The van der Waals surface area contributed by atoms with Crippen LogP contribution < -0.4 is 0 Å². The van der Waals surface area contributed by atoms with Crippen molar-refractivity contribution in [2.75, 3.05) is 19.8 Å². The van der Waals surface area contributed by atoms with Crippen molar-refractivity contribution in [3.63, 3.8) is 0 Å². The minimum absolute atomic E-state index is 0.0165. The third-order valence-electron chi connectivity index (χ3n) is 16.3. The van der Waals surface area contributed by atoms with Crippen LogP contribution >= 0.6 is 0 Å². The van der Waals surface area contributed by atoms with Crippen molar-refractivity contribution in [1.29, 1.82) is 0 Å². The van der Waals surface area contributed by atoms with Gasteiger partial charge in [-0.25, -0.2) is 0 Å². The standard InChI is InChI=1S/C39H64O14/c1-17-7-10-39(48-16-17)18(2)28-24(53-39)12-23-21-6-5-19-11-20(8-9-37(19,3)22(21)13-27(42)38(23,28)4)49-35-33(47)31(45)34(26(15-41)51-35)52-36-32(46)30(44)29(43)25(14-40)50-36/h17-36,40-47H,5-16H2,1-4H3/t17-,18?,19+,20+,21?,22?,23?,24?,25-,26-,27-,28?,29-,30+,31-,32-,33-,34?,35-,36+,37+,38-,39-/m1/s1. The molecule has 14 heteroatoms. The Balaban J connectivity index is 0.908. The molecule has 23 atom stereocenters. The summed E-state index contributed by atoms with van der Waals surface area (Å²) in [5.74, 6) is 2.15. The second-order valence-corrected chi connectivity index (χ2v) is 18.8. The molecule has 7 unspecified atom stereocenters. The molecule has 0 aromatic heterocycles. The van der Waals surface area contributed by atoms with E-state index in [1.807, 2.05) is 0 Å². The number of hydrogen-bond acceptors (Lipinski definition) is 14. The summed E-state index contributed by atoms with van der Waals surface area (Å²) >= 11 is 0. The number of aliphatic hydroxyl groups excluding tert-OH is 8. The van der Waals surface area contributed by atoms with E-state index in [1.54, 1.807) is 0 Å². The normalized spacial score (nSPS) is 59.5. The van der Waals surface area contributed by atoms with E-state index in [9.17, 15) is 40.9 Å². The highest BCUT2D eigenvalue weighted by atomic mass is 16.7. The third kappa shape index (κ3) is 6.11. The van der Waals surface area contributed by atoms with Crippen molar-refractivity contribution in [3.8, 4) is 0 Å². The van der Waals surface area contributed by atoms with Gasteiger partial charge in [0.05, 0.1) is 38.1 Å². The van der Waals surface area contributed by atoms with Gasteiger partial charge in [-0.05, 0) is 86.4 Å². The van der Waals surface area contributed by atoms with E-state index in [4.69, 9.17) is 28.4 Å². The second kappa shape index (κ2) is 14.4. The minimum Gasteiger partial charge on any atom is -0.394 e. The fourth-order valence-corrected chi connectivity index (χ4v) is 13.2. The van der Waals surface area contributed by atoms with Crippen LogP contribution in [0.2, 0.25) is 0 Å². The van der Waals surface area contributed by atoms with Crippen LogP contribution in [0.25, 0.3) is 0 Å². The predicted molar refractivity (Wildman–Crippen MR) is 184 cm³/mol. The molecule has 8 N–H and O–H groups in total. The first kappa shape index (κ1) is 39.3. The molecule has 304 valence electrons. The smallest absolute Gasteiger partial charge is 0.187 e. The average Bonchev–Trinajstić information content (AvgIpc) is 3.59. The van der Waals surface area contributed by atoms with E-state index in [2.05, 4.69) is 27.7 Å². The Bertz CT molecular complexity index is 1290. The van der Waals surface area contributed by atoms with E-state index in [0.29, 0.717) is 29.6 Å². The largest absolute Gasteiger partial charge is 0.394 e. The highest BCUT2D eigenvalue weighted by Gasteiger charge is 2.71. The Morgan fingerprint density at radius 2 is 1.40 bits per heavy atom. The summed E-state index contributed by atoms with van der Waals surface area (Å²) in [5, 5.41) is 85.0. The van der Waals surface area contributed by atoms with Crippen LogP contribution in [0, 0.1) is 52.3 Å². The maximum absolute atomic E-state index is 12.2. The molecule has 8 aliphatic rings. The minimum atomic E-state index is -1.73. The van der Waals surface area contributed by atoms with Crippen molar-refractivity contribution in [3.05, 3.63) is 0 Å². The van der Waals surface area contributed by atoms with E-state index < -0.39 is 86.5 Å². The molecular weight excluding hydrogens is 692 g/mol. The van der Waals surface area contributed by atoms with Crippen molar-refractivity contribution in [1.82, 2.24) is 0 Å². The molecule has 0 aromatic rings. The molecule has 4 saturated carbocycles. The molecule has 0 aromatic carbocycles. The van der Waals surface area contributed by atoms with Gasteiger partial charge in [-0.3, -0.25) is 0 Å². The molecule has 4 aliphatic heterocycles. The van der Waals surface area contributed by atoms with Crippen LogP contribution in [0.1, 0.15) is 85.5 Å². The summed E-state index contributed by atoms with van der Waals surface area (Å²) in [4.78, 5) is 0. The lowest BCUT2D eigenvalue weighted by Gasteiger charge is -2.62. The predicted octanol–water partition coefficient (Wildman–Crippen LogP) is 0.413. The summed E-state index contributed by atoms with van der Waals surface area (Å²) in [6.07, 6.45) is -7.09. The zero-order valence-electron chi connectivity index (χ0n) is 31.6. The summed E-state index contributed by atoms with van der Waals surface area (Å²) < 4.78 is 36.9.